The summed E-state index contributed by atoms with van der Waals surface area (Å²) in [6.45, 7) is 1.99. The molecular formula is C14H19N5OS. The van der Waals surface area contributed by atoms with E-state index >= 15 is 0 Å². The van der Waals surface area contributed by atoms with Crippen molar-refractivity contribution in [3.05, 3.63) is 35.9 Å². The molecule has 21 heavy (non-hydrogen) atoms. The number of hydrogen-bond acceptors (Lipinski definition) is 5. The molecule has 1 N–H and O–H groups in total. The second-order valence-corrected chi connectivity index (χ2v) is 5.80. The third-order valence-electron chi connectivity index (χ3n) is 3.04. The summed E-state index contributed by atoms with van der Waals surface area (Å²) >= 11 is 1.56. The lowest BCUT2D eigenvalue weighted by Crippen LogP contribution is -2.26. The summed E-state index contributed by atoms with van der Waals surface area (Å²) in [4.78, 5) is 11.9. The van der Waals surface area contributed by atoms with Crippen molar-refractivity contribution in [3.63, 3.8) is 0 Å². The van der Waals surface area contributed by atoms with Crippen LogP contribution in [0.2, 0.25) is 0 Å². The zero-order chi connectivity index (χ0) is 15.1. The predicted octanol–water partition coefficient (Wildman–Crippen LogP) is 1.96. The molecule has 1 heterocycles. The molecule has 6 nitrogen and oxygen atoms in total. The van der Waals surface area contributed by atoms with Crippen molar-refractivity contribution in [2.45, 2.75) is 31.0 Å². The Balaban J connectivity index is 1.67. The largest absolute Gasteiger partial charge is 0.350 e. The average Bonchev–Trinajstić information content (AvgIpc) is 2.90. The molecule has 0 aliphatic carbocycles. The van der Waals surface area contributed by atoms with E-state index in [-0.39, 0.29) is 11.9 Å². The summed E-state index contributed by atoms with van der Waals surface area (Å²) in [5.74, 6) is 0.893. The van der Waals surface area contributed by atoms with E-state index in [2.05, 4.69) is 20.8 Å². The van der Waals surface area contributed by atoms with Gasteiger partial charge in [0.25, 0.3) is 0 Å². The van der Waals surface area contributed by atoms with Crippen LogP contribution < -0.4 is 5.32 Å². The Hall–Kier alpha value is -1.89. The molecule has 2 aromatic rings. The first-order valence-corrected chi connectivity index (χ1v) is 7.85. The summed E-state index contributed by atoms with van der Waals surface area (Å²) in [6, 6.07) is 9.99. The van der Waals surface area contributed by atoms with E-state index in [1.54, 1.807) is 23.5 Å². The van der Waals surface area contributed by atoms with Crippen molar-refractivity contribution in [1.82, 2.24) is 25.5 Å². The number of amides is 1. The van der Waals surface area contributed by atoms with Crippen molar-refractivity contribution in [2.75, 3.05) is 5.75 Å². The molecule has 0 radical (unpaired) electrons. The number of aryl methyl sites for hydroxylation is 1. The minimum Gasteiger partial charge on any atom is -0.350 e. The Morgan fingerprint density at radius 2 is 2.14 bits per heavy atom. The highest BCUT2D eigenvalue weighted by atomic mass is 32.2. The number of rotatable bonds is 7. The van der Waals surface area contributed by atoms with Gasteiger partial charge >= 0.3 is 0 Å². The molecule has 112 valence electrons. The smallest absolute Gasteiger partial charge is 0.220 e. The highest BCUT2D eigenvalue weighted by molar-refractivity contribution is 7.99. The number of hydrogen-bond donors (Lipinski definition) is 1. The first kappa shape index (κ1) is 15.5. The average molecular weight is 305 g/mol. The normalized spacial score (nSPS) is 12.1. The van der Waals surface area contributed by atoms with Gasteiger partial charge < -0.3 is 5.32 Å². The molecule has 0 bridgehead atoms. The van der Waals surface area contributed by atoms with Crippen molar-refractivity contribution < 1.29 is 4.79 Å². The molecule has 0 fully saturated rings. The maximum Gasteiger partial charge on any atom is 0.220 e. The number of benzene rings is 1. The number of aromatic nitrogens is 4. The minimum absolute atomic E-state index is 0.0364. The van der Waals surface area contributed by atoms with Crippen LogP contribution in [0.15, 0.2) is 35.5 Å². The first-order chi connectivity index (χ1) is 10.2. The molecule has 1 aromatic heterocycles. The number of nitrogens with zero attached hydrogens (tertiary/aromatic N) is 4. The van der Waals surface area contributed by atoms with Crippen LogP contribution in [0.4, 0.5) is 0 Å². The first-order valence-electron chi connectivity index (χ1n) is 6.86. The van der Waals surface area contributed by atoms with Crippen LogP contribution in [-0.4, -0.2) is 31.9 Å². The molecule has 1 amide bonds. The van der Waals surface area contributed by atoms with Gasteiger partial charge in [-0.15, -0.1) is 5.10 Å². The SMILES string of the molecule is CC(NC(=O)CCCSc1nnnn1C)c1ccccc1. The van der Waals surface area contributed by atoms with Crippen LogP contribution in [0.3, 0.4) is 0 Å². The van der Waals surface area contributed by atoms with Crippen LogP contribution in [0, 0.1) is 0 Å². The standard InChI is InChI=1S/C14H19N5OS/c1-11(12-7-4-3-5-8-12)15-13(20)9-6-10-21-14-16-17-18-19(14)2/h3-5,7-8,11H,6,9-10H2,1-2H3,(H,15,20). The van der Waals surface area contributed by atoms with Crippen molar-refractivity contribution >= 4 is 17.7 Å². The minimum atomic E-state index is 0.0364. The van der Waals surface area contributed by atoms with Gasteiger partial charge in [-0.2, -0.15) is 0 Å². The fourth-order valence-corrected chi connectivity index (χ4v) is 2.67. The van der Waals surface area contributed by atoms with Crippen molar-refractivity contribution in [1.29, 1.82) is 0 Å². The molecule has 0 saturated carbocycles. The molecule has 0 saturated heterocycles. The Bertz CT molecular complexity index is 572. The van der Waals surface area contributed by atoms with Gasteiger partial charge in [0, 0.05) is 19.2 Å². The quantitative estimate of drug-likeness (QED) is 0.625. The zero-order valence-corrected chi connectivity index (χ0v) is 13.0. The molecular weight excluding hydrogens is 286 g/mol. The number of tetrazole rings is 1. The van der Waals surface area contributed by atoms with E-state index in [1.807, 2.05) is 37.3 Å². The molecule has 1 unspecified atom stereocenters. The highest BCUT2D eigenvalue weighted by Gasteiger charge is 2.09. The van der Waals surface area contributed by atoms with Gasteiger partial charge in [-0.05, 0) is 29.3 Å². The number of carbonyl (C=O) groups is 1. The molecule has 0 aliphatic rings. The molecule has 7 heteroatoms. The summed E-state index contributed by atoms with van der Waals surface area (Å²) in [7, 11) is 1.80. The second kappa shape index (κ2) is 7.78. The maximum atomic E-state index is 11.9. The van der Waals surface area contributed by atoms with Crippen LogP contribution in [0.25, 0.3) is 0 Å². The van der Waals surface area contributed by atoms with Crippen LogP contribution in [0.1, 0.15) is 31.4 Å². The third-order valence-corrected chi connectivity index (χ3v) is 4.13. The maximum absolute atomic E-state index is 11.9. The lowest BCUT2D eigenvalue weighted by molar-refractivity contribution is -0.121. The monoisotopic (exact) mass is 305 g/mol. The molecule has 2 rings (SSSR count). The van der Waals surface area contributed by atoms with Crippen molar-refractivity contribution in [2.24, 2.45) is 7.05 Å². The third kappa shape index (κ3) is 4.86. The van der Waals surface area contributed by atoms with Crippen LogP contribution in [0.5, 0.6) is 0 Å². The molecule has 0 aliphatic heterocycles. The fraction of sp³-hybridized carbons (Fsp3) is 0.429. The Labute approximate surface area is 128 Å². The Kier molecular flexibility index (Phi) is 5.74. The Morgan fingerprint density at radius 1 is 1.38 bits per heavy atom. The summed E-state index contributed by atoms with van der Waals surface area (Å²) in [6.07, 6.45) is 1.31. The van der Waals surface area contributed by atoms with Gasteiger partial charge in [0.2, 0.25) is 11.1 Å². The number of thioether (sulfide) groups is 1. The Morgan fingerprint density at radius 3 is 2.81 bits per heavy atom. The van der Waals surface area contributed by atoms with Gasteiger partial charge in [0.05, 0.1) is 6.04 Å². The van der Waals surface area contributed by atoms with Crippen LogP contribution >= 0.6 is 11.8 Å². The molecule has 0 spiro atoms. The van der Waals surface area contributed by atoms with E-state index in [9.17, 15) is 4.79 Å². The van der Waals surface area contributed by atoms with Gasteiger partial charge in [0.15, 0.2) is 0 Å². The van der Waals surface area contributed by atoms with Gasteiger partial charge in [-0.25, -0.2) is 4.68 Å². The van der Waals surface area contributed by atoms with E-state index < -0.39 is 0 Å². The van der Waals surface area contributed by atoms with E-state index in [4.69, 9.17) is 0 Å². The van der Waals surface area contributed by atoms with E-state index in [1.165, 1.54) is 0 Å². The lowest BCUT2D eigenvalue weighted by Gasteiger charge is -2.14. The number of nitrogens with one attached hydrogen (secondary N) is 1. The summed E-state index contributed by atoms with van der Waals surface area (Å²) < 4.78 is 1.63. The van der Waals surface area contributed by atoms with E-state index in [0.717, 1.165) is 22.9 Å². The van der Waals surface area contributed by atoms with Gasteiger partial charge in [0.1, 0.15) is 0 Å². The van der Waals surface area contributed by atoms with Crippen molar-refractivity contribution in [3.8, 4) is 0 Å². The topological polar surface area (TPSA) is 72.7 Å². The fourth-order valence-electron chi connectivity index (χ4n) is 1.88. The van der Waals surface area contributed by atoms with Gasteiger partial charge in [-0.3, -0.25) is 4.79 Å². The predicted molar refractivity (Wildman–Crippen MR) is 81.8 cm³/mol. The highest BCUT2D eigenvalue weighted by Crippen LogP contribution is 2.15. The second-order valence-electron chi connectivity index (χ2n) is 4.74. The van der Waals surface area contributed by atoms with Gasteiger partial charge in [-0.1, -0.05) is 42.1 Å². The van der Waals surface area contributed by atoms with E-state index in [0.29, 0.717) is 6.42 Å². The zero-order valence-electron chi connectivity index (χ0n) is 12.2. The lowest BCUT2D eigenvalue weighted by atomic mass is 10.1. The molecule has 1 aromatic carbocycles. The molecule has 1 atom stereocenters. The summed E-state index contributed by atoms with van der Waals surface area (Å²) in [5, 5.41) is 15.0. The summed E-state index contributed by atoms with van der Waals surface area (Å²) in [5.41, 5.74) is 1.12. The number of carbonyl (C=O) groups excluding carboxylic acids is 1. The van der Waals surface area contributed by atoms with Crippen LogP contribution in [-0.2, 0) is 11.8 Å².